The molecule has 0 heterocycles. The van der Waals surface area contributed by atoms with Gasteiger partial charge in [0.05, 0.1) is 5.56 Å². The van der Waals surface area contributed by atoms with Gasteiger partial charge in [-0.15, -0.1) is 0 Å². The maximum atomic E-state index is 14.2. The third kappa shape index (κ3) is 4.15. The van der Waals surface area contributed by atoms with Crippen molar-refractivity contribution in [3.8, 4) is 0 Å². The number of likely N-dealkylation sites (N-methyl/N-ethyl adjacent to an activating group) is 1. The van der Waals surface area contributed by atoms with Crippen molar-refractivity contribution in [2.24, 2.45) is 10.9 Å². The fraction of sp³-hybridized carbons (Fsp3) is 0.533. The minimum atomic E-state index is -0.435. The quantitative estimate of drug-likeness (QED) is 0.223. The molecular weight excluding hydrogens is 271 g/mol. The van der Waals surface area contributed by atoms with Gasteiger partial charge in [0.1, 0.15) is 5.82 Å². The molecule has 116 valence electrons. The molecule has 1 aromatic carbocycles. The topological polar surface area (TPSA) is 73.9 Å². The number of halogens is 1. The molecule has 2 rings (SSSR count). The lowest BCUT2D eigenvalue weighted by atomic mass is 10.1. The molecule has 0 aromatic heterocycles. The highest BCUT2D eigenvalue weighted by molar-refractivity contribution is 5.97. The second kappa shape index (κ2) is 7.38. The first kappa shape index (κ1) is 15.7. The Morgan fingerprint density at radius 1 is 1.52 bits per heavy atom. The van der Waals surface area contributed by atoms with Gasteiger partial charge in [-0.2, -0.15) is 0 Å². The van der Waals surface area contributed by atoms with Gasteiger partial charge in [0, 0.05) is 31.2 Å². The maximum absolute atomic E-state index is 14.2. The van der Waals surface area contributed by atoms with Crippen molar-refractivity contribution in [1.82, 2.24) is 10.2 Å². The molecule has 1 aromatic rings. The smallest absolute Gasteiger partial charge is 0.173 e. The average Bonchev–Trinajstić information content (AvgIpc) is 3.33. The second-order valence-electron chi connectivity index (χ2n) is 5.30. The number of amidine groups is 1. The van der Waals surface area contributed by atoms with E-state index in [2.05, 4.69) is 22.3 Å². The number of hydrogen-bond acceptors (Lipinski definition) is 4. The van der Waals surface area contributed by atoms with Crippen molar-refractivity contribution >= 4 is 5.84 Å². The number of nitrogens with two attached hydrogens (primary N) is 1. The summed E-state index contributed by atoms with van der Waals surface area (Å²) in [7, 11) is 0. The van der Waals surface area contributed by atoms with Crippen molar-refractivity contribution in [3.05, 3.63) is 35.1 Å². The molecule has 0 spiro atoms. The van der Waals surface area contributed by atoms with E-state index in [1.54, 1.807) is 12.1 Å². The monoisotopic (exact) mass is 294 g/mol. The lowest BCUT2D eigenvalue weighted by Gasteiger charge is -2.19. The number of nitrogens with one attached hydrogen (secondary N) is 1. The van der Waals surface area contributed by atoms with Gasteiger partial charge < -0.3 is 16.3 Å². The van der Waals surface area contributed by atoms with Crippen molar-refractivity contribution in [2.75, 3.05) is 19.6 Å². The molecule has 1 saturated carbocycles. The summed E-state index contributed by atoms with van der Waals surface area (Å²) in [5.41, 5.74) is 6.10. The summed E-state index contributed by atoms with van der Waals surface area (Å²) < 4.78 is 14.2. The average molecular weight is 294 g/mol. The molecule has 0 unspecified atom stereocenters. The van der Waals surface area contributed by atoms with E-state index in [4.69, 9.17) is 10.9 Å². The number of oxime groups is 1. The molecular formula is C15H23FN4O. The van der Waals surface area contributed by atoms with Gasteiger partial charge in [-0.3, -0.25) is 4.90 Å². The fourth-order valence-electron chi connectivity index (χ4n) is 2.45. The van der Waals surface area contributed by atoms with Gasteiger partial charge in [0.25, 0.3) is 0 Å². The van der Waals surface area contributed by atoms with Gasteiger partial charge >= 0.3 is 0 Å². The van der Waals surface area contributed by atoms with Gasteiger partial charge in [0.15, 0.2) is 5.84 Å². The normalized spacial score (nSPS) is 15.7. The highest BCUT2D eigenvalue weighted by atomic mass is 19.1. The summed E-state index contributed by atoms with van der Waals surface area (Å²) in [5, 5.41) is 14.7. The molecule has 1 fully saturated rings. The van der Waals surface area contributed by atoms with E-state index in [0.717, 1.165) is 25.7 Å². The van der Waals surface area contributed by atoms with E-state index >= 15 is 0 Å². The van der Waals surface area contributed by atoms with E-state index in [0.29, 0.717) is 12.1 Å². The van der Waals surface area contributed by atoms with Crippen molar-refractivity contribution < 1.29 is 9.60 Å². The Balaban J connectivity index is 1.85. The van der Waals surface area contributed by atoms with Crippen LogP contribution in [0.2, 0.25) is 0 Å². The molecule has 0 amide bonds. The molecule has 0 radical (unpaired) electrons. The summed E-state index contributed by atoms with van der Waals surface area (Å²) in [6.07, 6.45) is 2.59. The van der Waals surface area contributed by atoms with Crippen molar-refractivity contribution in [1.29, 1.82) is 0 Å². The van der Waals surface area contributed by atoms with E-state index in [1.807, 2.05) is 0 Å². The van der Waals surface area contributed by atoms with Crippen LogP contribution in [-0.4, -0.2) is 41.6 Å². The largest absolute Gasteiger partial charge is 0.409 e. The molecule has 6 heteroatoms. The minimum absolute atomic E-state index is 0.130. The van der Waals surface area contributed by atoms with Crippen molar-refractivity contribution in [2.45, 2.75) is 32.4 Å². The predicted octanol–water partition coefficient (Wildman–Crippen LogP) is 1.49. The molecule has 1 aliphatic carbocycles. The zero-order valence-corrected chi connectivity index (χ0v) is 12.3. The highest BCUT2D eigenvalue weighted by Gasteiger charge is 2.27. The summed E-state index contributed by atoms with van der Waals surface area (Å²) in [4.78, 5) is 2.44. The Kier molecular flexibility index (Phi) is 5.52. The number of rotatable bonds is 8. The Morgan fingerprint density at radius 3 is 2.90 bits per heavy atom. The van der Waals surface area contributed by atoms with E-state index < -0.39 is 5.82 Å². The molecule has 0 aliphatic heterocycles. The zero-order chi connectivity index (χ0) is 15.2. The Morgan fingerprint density at radius 2 is 2.29 bits per heavy atom. The predicted molar refractivity (Wildman–Crippen MR) is 80.9 cm³/mol. The molecule has 21 heavy (non-hydrogen) atoms. The summed E-state index contributed by atoms with van der Waals surface area (Å²) in [6.45, 7) is 5.44. The lowest BCUT2D eigenvalue weighted by molar-refractivity contribution is 0.276. The summed E-state index contributed by atoms with van der Waals surface area (Å²) in [6, 6.07) is 5.66. The van der Waals surface area contributed by atoms with Crippen molar-refractivity contribution in [3.63, 3.8) is 0 Å². The van der Waals surface area contributed by atoms with Crippen LogP contribution >= 0.6 is 0 Å². The van der Waals surface area contributed by atoms with Gasteiger partial charge in [-0.05, 0) is 25.5 Å². The van der Waals surface area contributed by atoms with Crippen LogP contribution in [0.3, 0.4) is 0 Å². The van der Waals surface area contributed by atoms with Crippen LogP contribution < -0.4 is 11.1 Å². The third-order valence-electron chi connectivity index (χ3n) is 3.82. The van der Waals surface area contributed by atoms with Gasteiger partial charge in [0.2, 0.25) is 0 Å². The molecule has 1 aliphatic rings. The zero-order valence-electron chi connectivity index (χ0n) is 12.3. The SMILES string of the molecule is CCN(CCNCc1cccc(/C(N)=N/O)c1F)C1CC1. The minimum Gasteiger partial charge on any atom is -0.409 e. The van der Waals surface area contributed by atoms with E-state index in [9.17, 15) is 4.39 Å². The van der Waals surface area contributed by atoms with E-state index in [-0.39, 0.29) is 11.4 Å². The summed E-state index contributed by atoms with van der Waals surface area (Å²) >= 11 is 0. The Hall–Kier alpha value is -1.66. The van der Waals surface area contributed by atoms with Crippen LogP contribution in [-0.2, 0) is 6.54 Å². The first-order chi connectivity index (χ1) is 10.2. The number of nitrogens with zero attached hydrogens (tertiary/aromatic N) is 2. The van der Waals surface area contributed by atoms with Crippen LogP contribution in [0, 0.1) is 5.82 Å². The lowest BCUT2D eigenvalue weighted by Crippen LogP contribution is -2.33. The van der Waals surface area contributed by atoms with Gasteiger partial charge in [-0.25, -0.2) is 4.39 Å². The van der Waals surface area contributed by atoms with Crippen LogP contribution in [0.5, 0.6) is 0 Å². The number of benzene rings is 1. The van der Waals surface area contributed by atoms with Crippen LogP contribution in [0.25, 0.3) is 0 Å². The molecule has 0 saturated heterocycles. The van der Waals surface area contributed by atoms with Crippen LogP contribution in [0.1, 0.15) is 30.9 Å². The Labute approximate surface area is 124 Å². The van der Waals surface area contributed by atoms with E-state index in [1.165, 1.54) is 18.9 Å². The second-order valence-corrected chi connectivity index (χ2v) is 5.30. The third-order valence-corrected chi connectivity index (χ3v) is 3.82. The first-order valence-corrected chi connectivity index (χ1v) is 7.37. The van der Waals surface area contributed by atoms with Crippen LogP contribution in [0.4, 0.5) is 4.39 Å². The highest BCUT2D eigenvalue weighted by Crippen LogP contribution is 2.25. The van der Waals surface area contributed by atoms with Gasteiger partial charge in [-0.1, -0.05) is 24.2 Å². The maximum Gasteiger partial charge on any atom is 0.173 e. The fourth-order valence-corrected chi connectivity index (χ4v) is 2.45. The summed E-state index contributed by atoms with van der Waals surface area (Å²) in [5.74, 6) is -0.643. The molecule has 0 atom stereocenters. The Bertz CT molecular complexity index is 502. The van der Waals surface area contributed by atoms with Crippen LogP contribution in [0.15, 0.2) is 23.4 Å². The standard InChI is InChI=1S/C15H23FN4O/c1-2-20(12-6-7-12)9-8-18-10-11-4-3-5-13(14(11)16)15(17)19-21/h3-5,12,18,21H,2,6-10H2,1H3,(H2,17,19). The molecule has 4 N–H and O–H groups in total. The number of hydrogen-bond donors (Lipinski definition) is 3. The first-order valence-electron chi connectivity index (χ1n) is 7.37. The molecule has 5 nitrogen and oxygen atoms in total. The molecule has 0 bridgehead atoms.